The largest absolute Gasteiger partial charge is 0.487 e. The molecule has 30 heavy (non-hydrogen) atoms. The molecule has 0 radical (unpaired) electrons. The number of rotatable bonds is 7. The summed E-state index contributed by atoms with van der Waals surface area (Å²) in [5.74, 6) is -0.0508. The predicted molar refractivity (Wildman–Crippen MR) is 115 cm³/mol. The van der Waals surface area contributed by atoms with E-state index in [0.29, 0.717) is 17.9 Å². The molecule has 154 valence electrons. The van der Waals surface area contributed by atoms with Gasteiger partial charge < -0.3 is 4.74 Å². The molecule has 0 saturated carbocycles. The van der Waals surface area contributed by atoms with Gasteiger partial charge in [-0.3, -0.25) is 9.78 Å². The van der Waals surface area contributed by atoms with E-state index in [1.165, 1.54) is 18.2 Å². The maximum atomic E-state index is 12.4. The van der Waals surface area contributed by atoms with Crippen molar-refractivity contribution in [2.45, 2.75) is 25.3 Å². The van der Waals surface area contributed by atoms with E-state index in [1.54, 1.807) is 49.5 Å². The van der Waals surface area contributed by atoms with E-state index >= 15 is 0 Å². The molecular formula is C23H22N2O4S. The number of carbonyl (C=O) groups is 1. The van der Waals surface area contributed by atoms with Gasteiger partial charge >= 0.3 is 0 Å². The van der Waals surface area contributed by atoms with Gasteiger partial charge in [0.2, 0.25) is 0 Å². The summed E-state index contributed by atoms with van der Waals surface area (Å²) in [6, 6.07) is 17.6. The smallest absolute Gasteiger partial charge is 0.264 e. The molecule has 0 aliphatic carbocycles. The number of aromatic nitrogens is 1. The SMILES string of the molecule is Cc1ccc(S(=O)(=O)NC(=O)/C=C/c2ccc(OCc3ccccn3)cc2)c(C)c1. The summed E-state index contributed by atoms with van der Waals surface area (Å²) in [6.45, 7) is 3.92. The fraction of sp³-hybridized carbons (Fsp3) is 0.130. The third-order valence-electron chi connectivity index (χ3n) is 4.28. The average molecular weight is 423 g/mol. The van der Waals surface area contributed by atoms with Crippen LogP contribution >= 0.6 is 0 Å². The molecule has 6 nitrogen and oxygen atoms in total. The summed E-state index contributed by atoms with van der Waals surface area (Å²) in [6.07, 6.45) is 4.43. The second-order valence-corrected chi connectivity index (χ2v) is 8.40. The second-order valence-electron chi connectivity index (χ2n) is 6.75. The standard InChI is InChI=1S/C23H22N2O4S/c1-17-6-12-22(18(2)15-17)30(27,28)25-23(26)13-9-19-7-10-21(11-8-19)29-16-20-5-3-4-14-24-20/h3-15H,16H2,1-2H3,(H,25,26)/b13-9+. The van der Waals surface area contributed by atoms with E-state index in [9.17, 15) is 13.2 Å². The Morgan fingerprint density at radius 2 is 1.83 bits per heavy atom. The highest BCUT2D eigenvalue weighted by Gasteiger charge is 2.18. The Morgan fingerprint density at radius 1 is 1.07 bits per heavy atom. The van der Waals surface area contributed by atoms with Crippen molar-refractivity contribution in [3.63, 3.8) is 0 Å². The first-order chi connectivity index (χ1) is 14.3. The molecule has 0 unspecified atom stereocenters. The van der Waals surface area contributed by atoms with Crippen LogP contribution in [0.25, 0.3) is 6.08 Å². The second kappa shape index (κ2) is 9.37. The zero-order chi connectivity index (χ0) is 21.6. The highest BCUT2D eigenvalue weighted by molar-refractivity contribution is 7.90. The van der Waals surface area contributed by atoms with Gasteiger partial charge in [-0.25, -0.2) is 13.1 Å². The van der Waals surface area contributed by atoms with Crippen LogP contribution < -0.4 is 9.46 Å². The minimum absolute atomic E-state index is 0.0873. The van der Waals surface area contributed by atoms with Gasteiger partial charge in [0, 0.05) is 12.3 Å². The molecule has 2 aromatic carbocycles. The predicted octanol–water partition coefficient (Wildman–Crippen LogP) is 3.80. The normalized spacial score (nSPS) is 11.4. The summed E-state index contributed by atoms with van der Waals surface area (Å²) < 4.78 is 32.6. The van der Waals surface area contributed by atoms with Crippen LogP contribution in [0, 0.1) is 13.8 Å². The van der Waals surface area contributed by atoms with Crippen LogP contribution in [0.15, 0.2) is 77.8 Å². The fourth-order valence-corrected chi connectivity index (χ4v) is 3.98. The summed E-state index contributed by atoms with van der Waals surface area (Å²) in [7, 11) is -3.93. The summed E-state index contributed by atoms with van der Waals surface area (Å²) in [5.41, 5.74) is 3.09. The number of hydrogen-bond donors (Lipinski definition) is 1. The zero-order valence-electron chi connectivity index (χ0n) is 16.7. The van der Waals surface area contributed by atoms with Crippen LogP contribution in [0.3, 0.4) is 0 Å². The lowest BCUT2D eigenvalue weighted by atomic mass is 10.2. The van der Waals surface area contributed by atoms with Gasteiger partial charge in [-0.2, -0.15) is 0 Å². The van der Waals surface area contributed by atoms with E-state index in [-0.39, 0.29) is 4.90 Å². The first-order valence-corrected chi connectivity index (χ1v) is 10.8. The maximum absolute atomic E-state index is 12.4. The summed E-state index contributed by atoms with van der Waals surface area (Å²) >= 11 is 0. The summed E-state index contributed by atoms with van der Waals surface area (Å²) in [5, 5.41) is 0. The molecule has 0 fully saturated rings. The van der Waals surface area contributed by atoms with Crippen molar-refractivity contribution in [1.29, 1.82) is 0 Å². The molecule has 1 N–H and O–H groups in total. The quantitative estimate of drug-likeness (QED) is 0.586. The van der Waals surface area contributed by atoms with Crippen molar-refractivity contribution in [3.8, 4) is 5.75 Å². The molecule has 0 spiro atoms. The molecule has 3 rings (SSSR count). The minimum Gasteiger partial charge on any atom is -0.487 e. The molecule has 1 amide bonds. The highest BCUT2D eigenvalue weighted by atomic mass is 32.2. The van der Waals surface area contributed by atoms with E-state index in [4.69, 9.17) is 4.74 Å². The Bertz CT molecular complexity index is 1160. The van der Waals surface area contributed by atoms with E-state index < -0.39 is 15.9 Å². The molecule has 1 heterocycles. The summed E-state index contributed by atoms with van der Waals surface area (Å²) in [4.78, 5) is 16.4. The zero-order valence-corrected chi connectivity index (χ0v) is 17.5. The molecule has 1 aromatic heterocycles. The van der Waals surface area contributed by atoms with Crippen molar-refractivity contribution in [3.05, 3.63) is 95.3 Å². The first kappa shape index (κ1) is 21.3. The first-order valence-electron chi connectivity index (χ1n) is 9.28. The lowest BCUT2D eigenvalue weighted by Crippen LogP contribution is -2.29. The molecule has 0 saturated heterocycles. The number of hydrogen-bond acceptors (Lipinski definition) is 5. The Morgan fingerprint density at radius 3 is 2.50 bits per heavy atom. The van der Waals surface area contributed by atoms with Crippen LogP contribution in [0.2, 0.25) is 0 Å². The van der Waals surface area contributed by atoms with Crippen molar-refractivity contribution < 1.29 is 17.9 Å². The van der Waals surface area contributed by atoms with Gasteiger partial charge in [-0.15, -0.1) is 0 Å². The van der Waals surface area contributed by atoms with E-state index in [1.807, 2.05) is 25.1 Å². The Labute approximate surface area is 176 Å². The van der Waals surface area contributed by atoms with Gasteiger partial charge in [-0.05, 0) is 61.4 Å². The highest BCUT2D eigenvalue weighted by Crippen LogP contribution is 2.17. The van der Waals surface area contributed by atoms with Crippen LogP contribution in [0.5, 0.6) is 5.75 Å². The van der Waals surface area contributed by atoms with Crippen LogP contribution in [0.1, 0.15) is 22.4 Å². The number of benzene rings is 2. The Hall–Kier alpha value is -3.45. The molecule has 0 aliphatic heterocycles. The van der Waals surface area contributed by atoms with Crippen molar-refractivity contribution in [2.24, 2.45) is 0 Å². The molecule has 0 aliphatic rings. The van der Waals surface area contributed by atoms with Crippen LogP contribution in [-0.2, 0) is 21.4 Å². The molecule has 0 atom stereocenters. The Balaban J connectivity index is 1.59. The number of nitrogens with one attached hydrogen (secondary N) is 1. The van der Waals surface area contributed by atoms with E-state index in [2.05, 4.69) is 9.71 Å². The third kappa shape index (κ3) is 5.78. The van der Waals surface area contributed by atoms with Gasteiger partial charge in [0.25, 0.3) is 15.9 Å². The monoisotopic (exact) mass is 422 g/mol. The number of ether oxygens (including phenoxy) is 1. The van der Waals surface area contributed by atoms with Crippen molar-refractivity contribution >= 4 is 22.0 Å². The fourth-order valence-electron chi connectivity index (χ4n) is 2.81. The number of pyridine rings is 1. The molecule has 0 bridgehead atoms. The molecule has 3 aromatic rings. The van der Waals surface area contributed by atoms with Crippen LogP contribution in [0.4, 0.5) is 0 Å². The van der Waals surface area contributed by atoms with Gasteiger partial charge in [0.05, 0.1) is 10.6 Å². The number of amides is 1. The van der Waals surface area contributed by atoms with Gasteiger partial charge in [-0.1, -0.05) is 35.9 Å². The lowest BCUT2D eigenvalue weighted by Gasteiger charge is -2.08. The topological polar surface area (TPSA) is 85.4 Å². The third-order valence-corrected chi connectivity index (χ3v) is 5.78. The number of sulfonamides is 1. The lowest BCUT2D eigenvalue weighted by molar-refractivity contribution is -0.114. The number of aryl methyl sites for hydroxylation is 2. The van der Waals surface area contributed by atoms with Crippen molar-refractivity contribution in [1.82, 2.24) is 9.71 Å². The Kier molecular flexibility index (Phi) is 6.64. The average Bonchev–Trinajstić information content (AvgIpc) is 2.71. The van der Waals surface area contributed by atoms with E-state index in [0.717, 1.165) is 16.8 Å². The minimum atomic E-state index is -3.93. The molecule has 7 heteroatoms. The molecular weight excluding hydrogens is 400 g/mol. The number of carbonyl (C=O) groups excluding carboxylic acids is 1. The van der Waals surface area contributed by atoms with Gasteiger partial charge in [0.1, 0.15) is 12.4 Å². The van der Waals surface area contributed by atoms with Gasteiger partial charge in [0.15, 0.2) is 0 Å². The maximum Gasteiger partial charge on any atom is 0.264 e. The van der Waals surface area contributed by atoms with Crippen LogP contribution in [-0.4, -0.2) is 19.3 Å². The van der Waals surface area contributed by atoms with Crippen molar-refractivity contribution in [2.75, 3.05) is 0 Å². The number of nitrogens with zero attached hydrogens (tertiary/aromatic N) is 1.